The second-order valence-corrected chi connectivity index (χ2v) is 5.10. The summed E-state index contributed by atoms with van der Waals surface area (Å²) in [7, 11) is 0. The van der Waals surface area contributed by atoms with Crippen molar-refractivity contribution in [2.24, 2.45) is 4.99 Å². The van der Waals surface area contributed by atoms with Gasteiger partial charge in [-0.2, -0.15) is 0 Å². The highest BCUT2D eigenvalue weighted by atomic mass is 35.5. The van der Waals surface area contributed by atoms with Gasteiger partial charge in [-0.15, -0.1) is 0 Å². The summed E-state index contributed by atoms with van der Waals surface area (Å²) in [6.07, 6.45) is 1.66. The highest BCUT2D eigenvalue weighted by Crippen LogP contribution is 2.27. The standard InChI is InChI=1S/C16H16ClNO/c1-10-5-4-6-11(2)15(10)18-9-13-8-14(17)7-12(3)16(13)19/h4-9,19H,1-3H3. The summed E-state index contributed by atoms with van der Waals surface area (Å²) < 4.78 is 0. The van der Waals surface area contributed by atoms with Crippen LogP contribution in [0.4, 0.5) is 5.69 Å². The van der Waals surface area contributed by atoms with Crippen molar-refractivity contribution in [2.75, 3.05) is 0 Å². The van der Waals surface area contributed by atoms with Gasteiger partial charge in [-0.3, -0.25) is 4.99 Å². The third kappa shape index (κ3) is 2.96. The fraction of sp³-hybridized carbons (Fsp3) is 0.188. The second-order valence-electron chi connectivity index (χ2n) is 4.66. The van der Waals surface area contributed by atoms with Crippen LogP contribution in [0.2, 0.25) is 5.02 Å². The van der Waals surface area contributed by atoms with Crippen molar-refractivity contribution >= 4 is 23.5 Å². The summed E-state index contributed by atoms with van der Waals surface area (Å²) in [5.74, 6) is 0.222. The van der Waals surface area contributed by atoms with Gasteiger partial charge in [0.05, 0.1) is 5.69 Å². The predicted octanol–water partition coefficient (Wildman–Crippen LogP) is 4.72. The van der Waals surface area contributed by atoms with E-state index in [1.165, 1.54) is 0 Å². The predicted molar refractivity (Wildman–Crippen MR) is 81.0 cm³/mol. The monoisotopic (exact) mass is 273 g/mol. The lowest BCUT2D eigenvalue weighted by Gasteiger charge is -2.06. The summed E-state index contributed by atoms with van der Waals surface area (Å²) in [4.78, 5) is 4.47. The van der Waals surface area contributed by atoms with Crippen molar-refractivity contribution in [3.63, 3.8) is 0 Å². The molecule has 0 unspecified atom stereocenters. The van der Waals surface area contributed by atoms with Crippen LogP contribution in [-0.4, -0.2) is 11.3 Å². The molecule has 0 fully saturated rings. The second kappa shape index (κ2) is 5.45. The van der Waals surface area contributed by atoms with E-state index in [2.05, 4.69) is 4.99 Å². The molecule has 0 atom stereocenters. The number of rotatable bonds is 2. The molecule has 0 spiro atoms. The van der Waals surface area contributed by atoms with Gasteiger partial charge in [0.1, 0.15) is 5.75 Å². The lowest BCUT2D eigenvalue weighted by Crippen LogP contribution is -1.87. The molecule has 0 aliphatic rings. The van der Waals surface area contributed by atoms with Crippen molar-refractivity contribution in [2.45, 2.75) is 20.8 Å². The Hall–Kier alpha value is -1.80. The molecule has 98 valence electrons. The van der Waals surface area contributed by atoms with E-state index >= 15 is 0 Å². The van der Waals surface area contributed by atoms with E-state index in [1.54, 1.807) is 18.3 Å². The summed E-state index contributed by atoms with van der Waals surface area (Å²) in [6, 6.07) is 9.48. The van der Waals surface area contributed by atoms with Gasteiger partial charge in [0.25, 0.3) is 0 Å². The summed E-state index contributed by atoms with van der Waals surface area (Å²) in [5.41, 5.74) is 4.52. The van der Waals surface area contributed by atoms with Gasteiger partial charge in [0.15, 0.2) is 0 Å². The van der Waals surface area contributed by atoms with E-state index in [0.29, 0.717) is 10.6 Å². The maximum Gasteiger partial charge on any atom is 0.127 e. The number of hydrogen-bond donors (Lipinski definition) is 1. The molecule has 19 heavy (non-hydrogen) atoms. The third-order valence-electron chi connectivity index (χ3n) is 3.07. The number of aliphatic imine (C=N–C) groups is 1. The maximum absolute atomic E-state index is 9.99. The van der Waals surface area contributed by atoms with Gasteiger partial charge >= 0.3 is 0 Å². The molecule has 0 radical (unpaired) electrons. The zero-order valence-corrected chi connectivity index (χ0v) is 12.0. The van der Waals surface area contributed by atoms with Gasteiger partial charge in [0, 0.05) is 16.8 Å². The van der Waals surface area contributed by atoms with Crippen LogP contribution in [-0.2, 0) is 0 Å². The molecule has 0 aromatic heterocycles. The smallest absolute Gasteiger partial charge is 0.127 e. The zero-order chi connectivity index (χ0) is 14.0. The third-order valence-corrected chi connectivity index (χ3v) is 3.29. The van der Waals surface area contributed by atoms with Crippen LogP contribution in [0.5, 0.6) is 5.75 Å². The molecule has 0 aliphatic heterocycles. The Morgan fingerprint density at radius 2 is 1.68 bits per heavy atom. The minimum atomic E-state index is 0.222. The number of hydrogen-bond acceptors (Lipinski definition) is 2. The molecule has 3 heteroatoms. The number of para-hydroxylation sites is 1. The zero-order valence-electron chi connectivity index (χ0n) is 11.2. The highest BCUT2D eigenvalue weighted by Gasteiger charge is 2.05. The van der Waals surface area contributed by atoms with Crippen LogP contribution in [0.3, 0.4) is 0 Å². The van der Waals surface area contributed by atoms with Crippen LogP contribution in [0.1, 0.15) is 22.3 Å². The number of aromatic hydroxyl groups is 1. The van der Waals surface area contributed by atoms with Crippen molar-refractivity contribution in [3.8, 4) is 5.75 Å². The molecule has 0 saturated heterocycles. The molecule has 0 bridgehead atoms. The molecule has 2 aromatic rings. The van der Waals surface area contributed by atoms with E-state index in [4.69, 9.17) is 11.6 Å². The molecule has 2 rings (SSSR count). The van der Waals surface area contributed by atoms with Gasteiger partial charge in [-0.1, -0.05) is 29.8 Å². The lowest BCUT2D eigenvalue weighted by atomic mass is 10.1. The van der Waals surface area contributed by atoms with Crippen molar-refractivity contribution in [1.82, 2.24) is 0 Å². The van der Waals surface area contributed by atoms with Crippen LogP contribution < -0.4 is 0 Å². The number of phenols is 1. The summed E-state index contributed by atoms with van der Waals surface area (Å²) in [6.45, 7) is 5.85. The highest BCUT2D eigenvalue weighted by molar-refractivity contribution is 6.31. The molecule has 0 saturated carbocycles. The Balaban J connectivity index is 2.44. The van der Waals surface area contributed by atoms with Crippen molar-refractivity contribution < 1.29 is 5.11 Å². The van der Waals surface area contributed by atoms with Gasteiger partial charge in [0.2, 0.25) is 0 Å². The Morgan fingerprint density at radius 1 is 1.05 bits per heavy atom. The maximum atomic E-state index is 9.99. The number of phenolic OH excluding ortho intramolecular Hbond substituents is 1. The first-order chi connectivity index (χ1) is 8.99. The van der Waals surface area contributed by atoms with Crippen LogP contribution in [0.15, 0.2) is 35.3 Å². The van der Waals surface area contributed by atoms with E-state index in [0.717, 1.165) is 22.4 Å². The van der Waals surface area contributed by atoms with Crippen molar-refractivity contribution in [1.29, 1.82) is 0 Å². The SMILES string of the molecule is Cc1cc(Cl)cc(C=Nc2c(C)cccc2C)c1O. The number of halogens is 1. The summed E-state index contributed by atoms with van der Waals surface area (Å²) >= 11 is 5.99. The lowest BCUT2D eigenvalue weighted by molar-refractivity contribution is 0.470. The first-order valence-corrected chi connectivity index (χ1v) is 6.46. The molecule has 2 aromatic carbocycles. The fourth-order valence-electron chi connectivity index (χ4n) is 2.00. The van der Waals surface area contributed by atoms with Crippen LogP contribution >= 0.6 is 11.6 Å². The first kappa shape index (κ1) is 13.6. The molecule has 2 nitrogen and oxygen atoms in total. The number of benzene rings is 2. The fourth-order valence-corrected chi connectivity index (χ4v) is 2.28. The van der Waals surface area contributed by atoms with Crippen LogP contribution in [0.25, 0.3) is 0 Å². The van der Waals surface area contributed by atoms with Gasteiger partial charge in [-0.05, 0) is 49.6 Å². The van der Waals surface area contributed by atoms with Crippen LogP contribution in [0, 0.1) is 20.8 Å². The minimum absolute atomic E-state index is 0.222. The number of nitrogens with zero attached hydrogens (tertiary/aromatic N) is 1. The van der Waals surface area contributed by atoms with E-state index < -0.39 is 0 Å². The largest absolute Gasteiger partial charge is 0.507 e. The molecule has 0 heterocycles. The van der Waals surface area contributed by atoms with E-state index in [1.807, 2.05) is 39.0 Å². The topological polar surface area (TPSA) is 32.6 Å². The van der Waals surface area contributed by atoms with Gasteiger partial charge < -0.3 is 5.11 Å². The average Bonchev–Trinajstić information content (AvgIpc) is 2.34. The Labute approximate surface area is 118 Å². The van der Waals surface area contributed by atoms with E-state index in [9.17, 15) is 5.11 Å². The molecule has 0 aliphatic carbocycles. The number of aryl methyl sites for hydroxylation is 3. The summed E-state index contributed by atoms with van der Waals surface area (Å²) in [5, 5.41) is 10.6. The normalized spacial score (nSPS) is 11.2. The van der Waals surface area contributed by atoms with Crippen molar-refractivity contribution in [3.05, 3.63) is 57.6 Å². The first-order valence-electron chi connectivity index (χ1n) is 6.08. The molecular formula is C16H16ClNO. The van der Waals surface area contributed by atoms with Gasteiger partial charge in [-0.25, -0.2) is 0 Å². The van der Waals surface area contributed by atoms with E-state index in [-0.39, 0.29) is 5.75 Å². The quantitative estimate of drug-likeness (QED) is 0.789. The Morgan fingerprint density at radius 3 is 2.32 bits per heavy atom. The Kier molecular flexibility index (Phi) is 3.91. The molecule has 1 N–H and O–H groups in total. The average molecular weight is 274 g/mol. The Bertz CT molecular complexity index is 627. The molecule has 0 amide bonds. The minimum Gasteiger partial charge on any atom is -0.507 e. The molecular weight excluding hydrogens is 258 g/mol.